The summed E-state index contributed by atoms with van der Waals surface area (Å²) in [5.41, 5.74) is 7.20. The molecule has 0 aromatic heterocycles. The zero-order chi connectivity index (χ0) is 14.9. The Morgan fingerprint density at radius 1 is 1.45 bits per heavy atom. The zero-order valence-electron chi connectivity index (χ0n) is 12.1. The molecule has 5 nitrogen and oxygen atoms in total. The predicted molar refractivity (Wildman–Crippen MR) is 78.2 cm³/mol. The van der Waals surface area contributed by atoms with Crippen molar-refractivity contribution in [2.75, 3.05) is 5.32 Å². The summed E-state index contributed by atoms with van der Waals surface area (Å²) in [4.78, 5) is 25.8. The summed E-state index contributed by atoms with van der Waals surface area (Å²) in [5, 5.41) is 2.91. The Balaban J connectivity index is 2.53. The van der Waals surface area contributed by atoms with Crippen LogP contribution in [0.3, 0.4) is 0 Å². The van der Waals surface area contributed by atoms with Gasteiger partial charge < -0.3 is 16.0 Å². The van der Waals surface area contributed by atoms with E-state index in [0.29, 0.717) is 0 Å². The van der Waals surface area contributed by atoms with Crippen molar-refractivity contribution in [1.29, 1.82) is 0 Å². The highest BCUT2D eigenvalue weighted by Crippen LogP contribution is 2.34. The summed E-state index contributed by atoms with van der Waals surface area (Å²) in [6.45, 7) is 5.86. The van der Waals surface area contributed by atoms with E-state index in [1.54, 1.807) is 0 Å². The number of anilines is 1. The maximum atomic E-state index is 12.5. The van der Waals surface area contributed by atoms with Gasteiger partial charge in [-0.3, -0.25) is 4.79 Å². The van der Waals surface area contributed by atoms with Crippen molar-refractivity contribution in [3.8, 4) is 0 Å². The Morgan fingerprint density at radius 3 is 2.70 bits per heavy atom. The molecule has 0 saturated heterocycles. The van der Waals surface area contributed by atoms with E-state index >= 15 is 0 Å². The molecule has 0 fully saturated rings. The van der Waals surface area contributed by atoms with E-state index in [1.807, 2.05) is 45.0 Å². The van der Waals surface area contributed by atoms with Crippen molar-refractivity contribution >= 4 is 17.6 Å². The third kappa shape index (κ3) is 2.35. The summed E-state index contributed by atoms with van der Waals surface area (Å²) in [6, 6.07) is 6.18. The number of nitrogens with one attached hydrogen (secondary N) is 1. The minimum atomic E-state index is -0.561. The van der Waals surface area contributed by atoms with Gasteiger partial charge in [-0.1, -0.05) is 38.5 Å². The molecule has 3 atom stereocenters. The van der Waals surface area contributed by atoms with Crippen molar-refractivity contribution < 1.29 is 9.59 Å². The zero-order valence-corrected chi connectivity index (χ0v) is 12.1. The minimum Gasteiger partial charge on any atom is -0.351 e. The van der Waals surface area contributed by atoms with Gasteiger partial charge in [-0.2, -0.15) is 0 Å². The average Bonchev–Trinajstić information content (AvgIpc) is 2.53. The fourth-order valence-electron chi connectivity index (χ4n) is 2.78. The summed E-state index contributed by atoms with van der Waals surface area (Å²) in [5.74, 6) is -0.130. The van der Waals surface area contributed by atoms with Crippen LogP contribution >= 0.6 is 0 Å². The number of amides is 3. The molecule has 0 aliphatic carbocycles. The highest BCUT2D eigenvalue weighted by atomic mass is 16.2. The molecule has 0 spiro atoms. The second-order valence-electron chi connectivity index (χ2n) is 5.33. The molecule has 3 amide bonds. The van der Waals surface area contributed by atoms with Crippen LogP contribution in [0.4, 0.5) is 10.5 Å². The SMILES string of the molecule is CCC(C)C1C(=O)Nc2ccccc2C(C)N1C(N)=O. The van der Waals surface area contributed by atoms with Gasteiger partial charge >= 0.3 is 6.03 Å². The summed E-state index contributed by atoms with van der Waals surface area (Å²) in [7, 11) is 0. The van der Waals surface area contributed by atoms with Crippen molar-refractivity contribution in [2.24, 2.45) is 11.7 Å². The number of nitrogens with zero attached hydrogens (tertiary/aromatic N) is 1. The molecule has 1 heterocycles. The highest BCUT2D eigenvalue weighted by molar-refractivity contribution is 5.99. The molecule has 1 aromatic carbocycles. The van der Waals surface area contributed by atoms with E-state index in [9.17, 15) is 9.59 Å². The first-order valence-electron chi connectivity index (χ1n) is 6.95. The third-order valence-electron chi connectivity index (χ3n) is 4.09. The lowest BCUT2D eigenvalue weighted by atomic mass is 9.95. The van der Waals surface area contributed by atoms with Crippen LogP contribution < -0.4 is 11.1 Å². The number of carbonyl (C=O) groups is 2. The summed E-state index contributed by atoms with van der Waals surface area (Å²) < 4.78 is 0. The number of nitrogens with two attached hydrogens (primary N) is 1. The van der Waals surface area contributed by atoms with E-state index in [2.05, 4.69) is 5.32 Å². The molecule has 3 unspecified atom stereocenters. The van der Waals surface area contributed by atoms with Crippen LogP contribution in [0.15, 0.2) is 24.3 Å². The van der Waals surface area contributed by atoms with E-state index in [4.69, 9.17) is 5.73 Å². The number of urea groups is 1. The van der Waals surface area contributed by atoms with E-state index in [0.717, 1.165) is 17.7 Å². The maximum Gasteiger partial charge on any atom is 0.315 e. The van der Waals surface area contributed by atoms with Gasteiger partial charge in [0.25, 0.3) is 0 Å². The molecule has 0 saturated carbocycles. The van der Waals surface area contributed by atoms with Gasteiger partial charge in [0.05, 0.1) is 6.04 Å². The third-order valence-corrected chi connectivity index (χ3v) is 4.09. The first-order valence-corrected chi connectivity index (χ1v) is 6.95. The van der Waals surface area contributed by atoms with Gasteiger partial charge in [0.15, 0.2) is 0 Å². The highest BCUT2D eigenvalue weighted by Gasteiger charge is 2.39. The molecule has 1 aliphatic rings. The molecule has 3 N–H and O–H groups in total. The number of carbonyl (C=O) groups excluding carboxylic acids is 2. The Hall–Kier alpha value is -2.04. The van der Waals surface area contributed by atoms with Gasteiger partial charge in [-0.05, 0) is 24.5 Å². The van der Waals surface area contributed by atoms with E-state index in [1.165, 1.54) is 4.90 Å². The fourth-order valence-corrected chi connectivity index (χ4v) is 2.78. The Bertz CT molecular complexity index is 530. The average molecular weight is 275 g/mol. The first kappa shape index (κ1) is 14.4. The number of para-hydroxylation sites is 1. The van der Waals surface area contributed by atoms with Crippen LogP contribution in [0.5, 0.6) is 0 Å². The maximum absolute atomic E-state index is 12.5. The number of benzene rings is 1. The van der Waals surface area contributed by atoms with E-state index < -0.39 is 12.1 Å². The van der Waals surface area contributed by atoms with Crippen LogP contribution in [0.25, 0.3) is 0 Å². The molecule has 0 radical (unpaired) electrons. The Kier molecular flexibility index (Phi) is 3.97. The number of fused-ring (bicyclic) bond motifs is 1. The van der Waals surface area contributed by atoms with Crippen LogP contribution in [0.2, 0.25) is 0 Å². The molecule has 0 bridgehead atoms. The second kappa shape index (κ2) is 5.53. The molecule has 5 heteroatoms. The van der Waals surface area contributed by atoms with Gasteiger partial charge in [-0.15, -0.1) is 0 Å². The quantitative estimate of drug-likeness (QED) is 0.870. The van der Waals surface area contributed by atoms with Crippen LogP contribution in [-0.4, -0.2) is 22.9 Å². The lowest BCUT2D eigenvalue weighted by Crippen LogP contribution is -2.52. The monoisotopic (exact) mass is 275 g/mol. The first-order chi connectivity index (χ1) is 9.47. The van der Waals surface area contributed by atoms with Gasteiger partial charge in [0.2, 0.25) is 5.91 Å². The fraction of sp³-hybridized carbons (Fsp3) is 0.467. The van der Waals surface area contributed by atoms with Crippen LogP contribution in [0, 0.1) is 5.92 Å². The minimum absolute atomic E-state index is 0.0410. The van der Waals surface area contributed by atoms with Crippen LogP contribution in [-0.2, 0) is 4.79 Å². The number of hydrogen-bond donors (Lipinski definition) is 2. The molecule has 1 aromatic rings. The van der Waals surface area contributed by atoms with Crippen molar-refractivity contribution in [1.82, 2.24) is 4.90 Å². The lowest BCUT2D eigenvalue weighted by Gasteiger charge is -2.35. The lowest BCUT2D eigenvalue weighted by molar-refractivity contribution is -0.122. The van der Waals surface area contributed by atoms with Gasteiger partial charge in [0, 0.05) is 5.69 Å². The van der Waals surface area contributed by atoms with Gasteiger partial charge in [0.1, 0.15) is 6.04 Å². The van der Waals surface area contributed by atoms with Crippen LogP contribution in [0.1, 0.15) is 38.8 Å². The molecule has 2 rings (SSSR count). The molecule has 20 heavy (non-hydrogen) atoms. The number of rotatable bonds is 2. The van der Waals surface area contributed by atoms with Crippen molar-refractivity contribution in [3.63, 3.8) is 0 Å². The van der Waals surface area contributed by atoms with E-state index in [-0.39, 0.29) is 17.9 Å². The van der Waals surface area contributed by atoms with Crippen molar-refractivity contribution in [3.05, 3.63) is 29.8 Å². The topological polar surface area (TPSA) is 75.4 Å². The summed E-state index contributed by atoms with van der Waals surface area (Å²) in [6.07, 6.45) is 0.797. The standard InChI is InChI=1S/C15H21N3O2/c1-4-9(2)13-14(19)17-12-8-6-5-7-11(12)10(3)18(13)15(16)20/h5-10,13H,4H2,1-3H3,(H2,16,20)(H,17,19). The Morgan fingerprint density at radius 2 is 2.10 bits per heavy atom. The molecule has 108 valence electrons. The second-order valence-corrected chi connectivity index (χ2v) is 5.33. The van der Waals surface area contributed by atoms with Crippen molar-refractivity contribution in [2.45, 2.75) is 39.3 Å². The number of hydrogen-bond acceptors (Lipinski definition) is 2. The normalized spacial score (nSPS) is 23.6. The molecular weight excluding hydrogens is 254 g/mol. The summed E-state index contributed by atoms with van der Waals surface area (Å²) >= 11 is 0. The van der Waals surface area contributed by atoms with Gasteiger partial charge in [-0.25, -0.2) is 4.79 Å². The number of primary amides is 1. The smallest absolute Gasteiger partial charge is 0.315 e. The largest absolute Gasteiger partial charge is 0.351 e. The molecule has 1 aliphatic heterocycles. The Labute approximate surface area is 119 Å². The molecular formula is C15H21N3O2. The predicted octanol–water partition coefficient (Wildman–Crippen LogP) is 2.50.